The van der Waals surface area contributed by atoms with Crippen molar-refractivity contribution in [1.82, 2.24) is 19.3 Å². The Morgan fingerprint density at radius 1 is 1.09 bits per heavy atom. The lowest BCUT2D eigenvalue weighted by Gasteiger charge is -2.04. The Balaban J connectivity index is 1.63. The molecule has 0 radical (unpaired) electrons. The van der Waals surface area contributed by atoms with Gasteiger partial charge in [-0.3, -0.25) is 4.98 Å². The molecule has 3 aromatic heterocycles. The van der Waals surface area contributed by atoms with Crippen LogP contribution in [0.5, 0.6) is 0 Å². The van der Waals surface area contributed by atoms with Crippen molar-refractivity contribution >= 4 is 16.7 Å². The Bertz CT molecular complexity index is 747. The summed E-state index contributed by atoms with van der Waals surface area (Å²) in [6, 6.07) is 11.7. The first-order valence-corrected chi connectivity index (χ1v) is 8.05. The summed E-state index contributed by atoms with van der Waals surface area (Å²) in [5, 5.41) is 4.05. The van der Waals surface area contributed by atoms with Gasteiger partial charge in [0.1, 0.15) is 5.82 Å². The van der Waals surface area contributed by atoms with E-state index in [-0.39, 0.29) is 0 Å². The Kier molecular flexibility index (Phi) is 5.23. The summed E-state index contributed by atoms with van der Waals surface area (Å²) in [6.45, 7) is 1.23. The number of nitrogens with one attached hydrogen (secondary N) is 1. The van der Waals surface area contributed by atoms with Crippen LogP contribution in [0.15, 0.2) is 42.6 Å². The molecule has 0 saturated heterocycles. The number of hydrogen-bond acceptors (Lipinski definition) is 7. The number of aromatic nitrogens is 4. The third-order valence-electron chi connectivity index (χ3n) is 3.15. The van der Waals surface area contributed by atoms with E-state index in [0.717, 1.165) is 34.5 Å². The monoisotopic (exact) mass is 327 g/mol. The van der Waals surface area contributed by atoms with Gasteiger partial charge in [0, 0.05) is 31.3 Å². The number of pyridine rings is 2. The highest BCUT2D eigenvalue weighted by molar-refractivity contribution is 7.09. The van der Waals surface area contributed by atoms with Crippen molar-refractivity contribution in [3.05, 3.63) is 54.1 Å². The smallest absolute Gasteiger partial charge is 0.202 e. The maximum atomic E-state index is 5.03. The molecule has 118 valence electrons. The summed E-state index contributed by atoms with van der Waals surface area (Å²) in [4.78, 5) is 13.4. The zero-order valence-electron chi connectivity index (χ0n) is 12.8. The third-order valence-corrected chi connectivity index (χ3v) is 3.86. The summed E-state index contributed by atoms with van der Waals surface area (Å²) < 4.78 is 9.32. The van der Waals surface area contributed by atoms with E-state index in [1.807, 2.05) is 36.4 Å². The molecule has 0 aliphatic carbocycles. The van der Waals surface area contributed by atoms with Gasteiger partial charge in [-0.2, -0.15) is 4.37 Å². The van der Waals surface area contributed by atoms with Gasteiger partial charge in [0.05, 0.1) is 30.2 Å². The molecule has 1 N–H and O–H groups in total. The molecule has 3 rings (SSSR count). The van der Waals surface area contributed by atoms with Crippen molar-refractivity contribution in [3.63, 3.8) is 0 Å². The van der Waals surface area contributed by atoms with E-state index in [4.69, 9.17) is 4.74 Å². The molecular weight excluding hydrogens is 310 g/mol. The maximum Gasteiger partial charge on any atom is 0.202 e. The van der Waals surface area contributed by atoms with Gasteiger partial charge in [0.2, 0.25) is 5.13 Å². The minimum Gasteiger partial charge on any atom is -0.384 e. The Hall–Kier alpha value is -2.38. The van der Waals surface area contributed by atoms with E-state index >= 15 is 0 Å². The molecule has 0 unspecified atom stereocenters. The van der Waals surface area contributed by atoms with Crippen LogP contribution in [-0.2, 0) is 17.7 Å². The molecule has 6 nitrogen and oxygen atoms in total. The molecular formula is C16H17N5OS. The predicted molar refractivity (Wildman–Crippen MR) is 90.3 cm³/mol. The van der Waals surface area contributed by atoms with Crippen LogP contribution in [0.4, 0.5) is 5.13 Å². The Morgan fingerprint density at radius 2 is 2.00 bits per heavy atom. The maximum absolute atomic E-state index is 5.03. The minimum absolute atomic E-state index is 0.597. The molecule has 0 amide bonds. The van der Waals surface area contributed by atoms with Crippen molar-refractivity contribution < 1.29 is 4.74 Å². The predicted octanol–water partition coefficient (Wildman–Crippen LogP) is 2.80. The second-order valence-electron chi connectivity index (χ2n) is 4.84. The first-order valence-electron chi connectivity index (χ1n) is 7.28. The molecule has 3 heterocycles. The summed E-state index contributed by atoms with van der Waals surface area (Å²) in [7, 11) is 1.67. The van der Waals surface area contributed by atoms with Gasteiger partial charge in [-0.15, -0.1) is 0 Å². The lowest BCUT2D eigenvalue weighted by Crippen LogP contribution is -2.03. The van der Waals surface area contributed by atoms with Crippen molar-refractivity contribution in [2.75, 3.05) is 19.0 Å². The summed E-state index contributed by atoms with van der Waals surface area (Å²) in [6.07, 6.45) is 2.49. The first kappa shape index (κ1) is 15.5. The molecule has 0 aliphatic heterocycles. The second kappa shape index (κ2) is 7.75. The van der Waals surface area contributed by atoms with Crippen LogP contribution in [0.2, 0.25) is 0 Å². The molecule has 0 aliphatic rings. The normalized spacial score (nSPS) is 10.7. The highest BCUT2D eigenvalue weighted by Crippen LogP contribution is 2.16. The average molecular weight is 327 g/mol. The van der Waals surface area contributed by atoms with Crippen LogP contribution in [0.3, 0.4) is 0 Å². The molecule has 0 atom stereocenters. The van der Waals surface area contributed by atoms with Crippen LogP contribution in [0.1, 0.15) is 11.5 Å². The fraction of sp³-hybridized carbons (Fsp3) is 0.250. The van der Waals surface area contributed by atoms with E-state index in [2.05, 4.69) is 24.6 Å². The third kappa shape index (κ3) is 4.30. The highest BCUT2D eigenvalue weighted by atomic mass is 32.1. The van der Waals surface area contributed by atoms with Crippen LogP contribution < -0.4 is 5.32 Å². The fourth-order valence-corrected chi connectivity index (χ4v) is 2.63. The number of anilines is 1. The quantitative estimate of drug-likeness (QED) is 0.719. The molecule has 0 fully saturated rings. The van der Waals surface area contributed by atoms with E-state index in [1.165, 1.54) is 11.5 Å². The zero-order valence-corrected chi connectivity index (χ0v) is 13.6. The Morgan fingerprint density at radius 3 is 2.83 bits per heavy atom. The zero-order chi connectivity index (χ0) is 15.9. The van der Waals surface area contributed by atoms with Crippen LogP contribution in [0, 0.1) is 0 Å². The summed E-state index contributed by atoms with van der Waals surface area (Å²) in [5.74, 6) is 0.801. The van der Waals surface area contributed by atoms with Crippen molar-refractivity contribution in [1.29, 1.82) is 0 Å². The SMILES string of the molecule is COCCc1nsc(NCc2cccc(-c3ccccn3)n2)n1. The molecule has 0 saturated carbocycles. The largest absolute Gasteiger partial charge is 0.384 e. The van der Waals surface area contributed by atoms with Crippen molar-refractivity contribution in [3.8, 4) is 11.4 Å². The molecule has 0 aromatic carbocycles. The second-order valence-corrected chi connectivity index (χ2v) is 5.59. The van der Waals surface area contributed by atoms with Gasteiger partial charge in [-0.25, -0.2) is 9.97 Å². The fourth-order valence-electron chi connectivity index (χ4n) is 2.02. The molecule has 23 heavy (non-hydrogen) atoms. The molecule has 7 heteroatoms. The summed E-state index contributed by atoms with van der Waals surface area (Å²) in [5.41, 5.74) is 2.66. The van der Waals surface area contributed by atoms with E-state index in [1.54, 1.807) is 13.3 Å². The van der Waals surface area contributed by atoms with E-state index < -0.39 is 0 Å². The van der Waals surface area contributed by atoms with Crippen LogP contribution >= 0.6 is 11.5 Å². The Labute approximate surface area is 138 Å². The van der Waals surface area contributed by atoms with Crippen LogP contribution in [0.25, 0.3) is 11.4 Å². The average Bonchev–Trinajstić information content (AvgIpc) is 3.07. The standard InChI is InChI=1S/C16H17N5OS/c1-22-10-8-15-20-16(23-21-15)18-11-12-5-4-7-14(19-12)13-6-2-3-9-17-13/h2-7,9H,8,10-11H2,1H3,(H,18,20,21). The number of ether oxygens (including phenoxy) is 1. The van der Waals surface area contributed by atoms with Crippen molar-refractivity contribution in [2.24, 2.45) is 0 Å². The minimum atomic E-state index is 0.597. The lowest BCUT2D eigenvalue weighted by molar-refractivity contribution is 0.201. The lowest BCUT2D eigenvalue weighted by atomic mass is 10.2. The first-order chi connectivity index (χ1) is 11.3. The molecule has 3 aromatic rings. The number of hydrogen-bond donors (Lipinski definition) is 1. The number of methoxy groups -OCH3 is 1. The number of nitrogens with zero attached hydrogens (tertiary/aromatic N) is 4. The van der Waals surface area contributed by atoms with Gasteiger partial charge in [-0.05, 0) is 24.3 Å². The number of rotatable bonds is 7. The highest BCUT2D eigenvalue weighted by Gasteiger charge is 2.05. The topological polar surface area (TPSA) is 72.8 Å². The van der Waals surface area contributed by atoms with Crippen molar-refractivity contribution in [2.45, 2.75) is 13.0 Å². The van der Waals surface area contributed by atoms with Gasteiger partial charge < -0.3 is 10.1 Å². The van der Waals surface area contributed by atoms with Gasteiger partial charge >= 0.3 is 0 Å². The van der Waals surface area contributed by atoms with E-state index in [0.29, 0.717) is 13.2 Å². The van der Waals surface area contributed by atoms with E-state index in [9.17, 15) is 0 Å². The van der Waals surface area contributed by atoms with Gasteiger partial charge in [0.25, 0.3) is 0 Å². The van der Waals surface area contributed by atoms with Gasteiger partial charge in [-0.1, -0.05) is 12.1 Å². The van der Waals surface area contributed by atoms with Gasteiger partial charge in [0.15, 0.2) is 0 Å². The summed E-state index contributed by atoms with van der Waals surface area (Å²) >= 11 is 1.35. The van der Waals surface area contributed by atoms with Crippen LogP contribution in [-0.4, -0.2) is 33.0 Å². The molecule has 0 spiro atoms. The molecule has 0 bridgehead atoms.